The minimum absolute atomic E-state index is 0.498. The van der Waals surface area contributed by atoms with Crippen molar-refractivity contribution in [1.29, 1.82) is 5.26 Å². The summed E-state index contributed by atoms with van der Waals surface area (Å²) in [6.07, 6.45) is 1.70. The van der Waals surface area contributed by atoms with Crippen molar-refractivity contribution in [2.75, 3.05) is 11.9 Å². The van der Waals surface area contributed by atoms with Gasteiger partial charge in [0.1, 0.15) is 23.4 Å². The first-order valence-corrected chi connectivity index (χ1v) is 9.07. The van der Waals surface area contributed by atoms with Gasteiger partial charge in [-0.2, -0.15) is 5.26 Å². The summed E-state index contributed by atoms with van der Waals surface area (Å²) < 4.78 is 11.3. The van der Waals surface area contributed by atoms with Crippen molar-refractivity contribution in [2.45, 2.75) is 27.3 Å². The zero-order valence-corrected chi connectivity index (χ0v) is 16.2. The largest absolute Gasteiger partial charge is 0.494 e. The van der Waals surface area contributed by atoms with E-state index in [1.165, 1.54) is 0 Å². The normalized spacial score (nSPS) is 10.2. The Bertz CT molecular complexity index is 994. The summed E-state index contributed by atoms with van der Waals surface area (Å²) in [6.45, 7) is 6.90. The van der Waals surface area contributed by atoms with Crippen LogP contribution in [-0.4, -0.2) is 16.6 Å². The van der Waals surface area contributed by atoms with Gasteiger partial charge in [-0.05, 0) is 68.3 Å². The van der Waals surface area contributed by atoms with E-state index in [0.29, 0.717) is 36.2 Å². The number of rotatable bonds is 7. The quantitative estimate of drug-likeness (QED) is 0.642. The van der Waals surface area contributed by atoms with Gasteiger partial charge in [0.2, 0.25) is 5.88 Å². The van der Waals surface area contributed by atoms with Crippen LogP contribution >= 0.6 is 0 Å². The highest BCUT2D eigenvalue weighted by Crippen LogP contribution is 2.24. The Labute approximate surface area is 164 Å². The van der Waals surface area contributed by atoms with Gasteiger partial charge in [0, 0.05) is 24.5 Å². The van der Waals surface area contributed by atoms with Gasteiger partial charge in [-0.15, -0.1) is 0 Å². The molecule has 0 amide bonds. The van der Waals surface area contributed by atoms with E-state index in [9.17, 15) is 5.26 Å². The van der Waals surface area contributed by atoms with Crippen molar-refractivity contribution in [1.82, 2.24) is 9.97 Å². The molecule has 0 aliphatic heterocycles. The fourth-order valence-corrected chi connectivity index (χ4v) is 2.80. The maximum atomic E-state index is 9.38. The van der Waals surface area contributed by atoms with Crippen molar-refractivity contribution >= 4 is 5.82 Å². The van der Waals surface area contributed by atoms with Crippen LogP contribution in [0.5, 0.6) is 17.4 Å². The molecule has 0 unspecified atom stereocenters. The van der Waals surface area contributed by atoms with Crippen molar-refractivity contribution in [3.8, 4) is 23.4 Å². The number of anilines is 1. The fraction of sp³-hybridized carbons (Fsp3) is 0.227. The molecule has 0 aliphatic rings. The second-order valence-corrected chi connectivity index (χ2v) is 6.28. The first-order chi connectivity index (χ1) is 13.6. The maximum absolute atomic E-state index is 9.38. The molecule has 3 aromatic rings. The highest BCUT2D eigenvalue weighted by Gasteiger charge is 2.09. The molecule has 0 aliphatic carbocycles. The molecule has 0 saturated carbocycles. The molecule has 1 aromatic carbocycles. The molecule has 1 N–H and O–H groups in total. The lowest BCUT2D eigenvalue weighted by atomic mass is 10.1. The number of hydrogen-bond donors (Lipinski definition) is 1. The van der Waals surface area contributed by atoms with Crippen LogP contribution in [0.4, 0.5) is 5.82 Å². The van der Waals surface area contributed by atoms with Gasteiger partial charge >= 0.3 is 0 Å². The molecule has 28 heavy (non-hydrogen) atoms. The Morgan fingerprint density at radius 2 is 1.82 bits per heavy atom. The third-order valence-electron chi connectivity index (χ3n) is 4.07. The van der Waals surface area contributed by atoms with Crippen molar-refractivity contribution in [3.05, 3.63) is 71.0 Å². The zero-order valence-electron chi connectivity index (χ0n) is 16.2. The molecular weight excluding hydrogens is 352 g/mol. The Hall–Kier alpha value is -3.59. The monoisotopic (exact) mass is 374 g/mol. The molecular formula is C22H22N4O2. The summed E-state index contributed by atoms with van der Waals surface area (Å²) in [4.78, 5) is 8.70. The van der Waals surface area contributed by atoms with E-state index < -0.39 is 0 Å². The lowest BCUT2D eigenvalue weighted by Crippen LogP contribution is -2.06. The summed E-state index contributed by atoms with van der Waals surface area (Å²) in [6, 6.07) is 15.3. The topological polar surface area (TPSA) is 80.1 Å². The third-order valence-corrected chi connectivity index (χ3v) is 4.07. The summed E-state index contributed by atoms with van der Waals surface area (Å²) in [5.41, 5.74) is 3.31. The summed E-state index contributed by atoms with van der Waals surface area (Å²) in [7, 11) is 0. The second-order valence-electron chi connectivity index (χ2n) is 6.28. The number of pyridine rings is 2. The molecule has 0 spiro atoms. The standard InChI is InChI=1S/C22H22N4O2/c1-4-27-18-5-7-19(8-6-18)28-21-12-17(9-10-24-21)14-25-22-20(13-23)15(2)11-16(3)26-22/h5-12H,4,14H2,1-3H3,(H,25,26). The van der Waals surface area contributed by atoms with Crippen molar-refractivity contribution < 1.29 is 9.47 Å². The van der Waals surface area contributed by atoms with Crippen LogP contribution in [0.1, 0.15) is 29.3 Å². The van der Waals surface area contributed by atoms with Gasteiger partial charge < -0.3 is 14.8 Å². The van der Waals surface area contributed by atoms with E-state index in [-0.39, 0.29) is 0 Å². The van der Waals surface area contributed by atoms with Crippen molar-refractivity contribution in [3.63, 3.8) is 0 Å². The number of ether oxygens (including phenoxy) is 2. The fourth-order valence-electron chi connectivity index (χ4n) is 2.80. The number of hydrogen-bond acceptors (Lipinski definition) is 6. The van der Waals surface area contributed by atoms with Gasteiger partial charge in [0.25, 0.3) is 0 Å². The number of nitrogens with one attached hydrogen (secondary N) is 1. The highest BCUT2D eigenvalue weighted by atomic mass is 16.5. The average Bonchev–Trinajstić information content (AvgIpc) is 2.68. The highest BCUT2D eigenvalue weighted by molar-refractivity contribution is 5.56. The number of aryl methyl sites for hydroxylation is 2. The Morgan fingerprint density at radius 1 is 1.07 bits per heavy atom. The molecule has 6 heteroatoms. The van der Waals surface area contributed by atoms with Gasteiger partial charge in [0.05, 0.1) is 12.2 Å². The first-order valence-electron chi connectivity index (χ1n) is 9.07. The van der Waals surface area contributed by atoms with Crippen LogP contribution in [0.15, 0.2) is 48.7 Å². The lowest BCUT2D eigenvalue weighted by Gasteiger charge is -2.11. The van der Waals surface area contributed by atoms with Crippen LogP contribution < -0.4 is 14.8 Å². The van der Waals surface area contributed by atoms with Gasteiger partial charge in [-0.25, -0.2) is 9.97 Å². The molecule has 0 atom stereocenters. The third kappa shape index (κ3) is 4.77. The molecule has 0 radical (unpaired) electrons. The molecule has 6 nitrogen and oxygen atoms in total. The molecule has 142 valence electrons. The average molecular weight is 374 g/mol. The van der Waals surface area contributed by atoms with Gasteiger partial charge in [0.15, 0.2) is 0 Å². The Kier molecular flexibility index (Phi) is 6.07. The zero-order chi connectivity index (χ0) is 19.9. The van der Waals surface area contributed by atoms with Crippen LogP contribution in [0.2, 0.25) is 0 Å². The van der Waals surface area contributed by atoms with E-state index in [1.807, 2.05) is 63.2 Å². The van der Waals surface area contributed by atoms with Crippen LogP contribution in [0.3, 0.4) is 0 Å². The van der Waals surface area contributed by atoms with Gasteiger partial charge in [-0.1, -0.05) is 0 Å². The molecule has 2 aromatic heterocycles. The Morgan fingerprint density at radius 3 is 2.54 bits per heavy atom. The maximum Gasteiger partial charge on any atom is 0.219 e. The minimum Gasteiger partial charge on any atom is -0.494 e. The van der Waals surface area contributed by atoms with Gasteiger partial charge in [-0.3, -0.25) is 0 Å². The van der Waals surface area contributed by atoms with Crippen LogP contribution in [0, 0.1) is 25.2 Å². The predicted molar refractivity (Wildman–Crippen MR) is 108 cm³/mol. The summed E-state index contributed by atoms with van der Waals surface area (Å²) in [5.74, 6) is 2.57. The van der Waals surface area contributed by atoms with Crippen LogP contribution in [-0.2, 0) is 6.54 Å². The van der Waals surface area contributed by atoms with E-state index >= 15 is 0 Å². The minimum atomic E-state index is 0.498. The number of benzene rings is 1. The molecule has 2 heterocycles. The summed E-state index contributed by atoms with van der Waals surface area (Å²) >= 11 is 0. The number of aromatic nitrogens is 2. The van der Waals surface area contributed by atoms with E-state index in [1.54, 1.807) is 6.20 Å². The van der Waals surface area contributed by atoms with E-state index in [2.05, 4.69) is 21.4 Å². The molecule has 3 rings (SSSR count). The van der Waals surface area contributed by atoms with E-state index in [4.69, 9.17) is 9.47 Å². The number of nitriles is 1. The molecule has 0 fully saturated rings. The van der Waals surface area contributed by atoms with E-state index in [0.717, 1.165) is 22.6 Å². The van der Waals surface area contributed by atoms with Crippen molar-refractivity contribution in [2.24, 2.45) is 0 Å². The Balaban J connectivity index is 1.69. The smallest absolute Gasteiger partial charge is 0.219 e. The van der Waals surface area contributed by atoms with Crippen LogP contribution in [0.25, 0.3) is 0 Å². The SMILES string of the molecule is CCOc1ccc(Oc2cc(CNc3nc(C)cc(C)c3C#N)ccn2)cc1. The first kappa shape index (κ1) is 19.2. The molecule has 0 saturated heterocycles. The summed E-state index contributed by atoms with van der Waals surface area (Å²) in [5, 5.41) is 12.6. The molecule has 0 bridgehead atoms. The second kappa shape index (κ2) is 8.87. The number of nitrogens with zero attached hydrogens (tertiary/aromatic N) is 3. The predicted octanol–water partition coefficient (Wildman–Crippen LogP) is 4.77. The lowest BCUT2D eigenvalue weighted by molar-refractivity contribution is 0.339.